The number of hydrogen-bond acceptors (Lipinski definition) is 3. The first-order valence-corrected chi connectivity index (χ1v) is 12.4. The summed E-state index contributed by atoms with van der Waals surface area (Å²) in [6, 6.07) is 5.15. The molecule has 5 nitrogen and oxygen atoms in total. The first-order valence-electron chi connectivity index (χ1n) is 10.9. The van der Waals surface area contributed by atoms with Crippen molar-refractivity contribution < 1.29 is 26.0 Å². The predicted octanol–water partition coefficient (Wildman–Crippen LogP) is 5.03. The van der Waals surface area contributed by atoms with Crippen molar-refractivity contribution in [2.45, 2.75) is 57.1 Å². The highest BCUT2D eigenvalue weighted by Gasteiger charge is 2.36. The molecule has 1 saturated carbocycles. The van der Waals surface area contributed by atoms with Gasteiger partial charge in [0.1, 0.15) is 17.2 Å². The van der Waals surface area contributed by atoms with Crippen LogP contribution in [0.3, 0.4) is 0 Å². The fourth-order valence-electron chi connectivity index (χ4n) is 4.42. The van der Waals surface area contributed by atoms with Gasteiger partial charge in [-0.1, -0.05) is 19.1 Å². The average molecular weight is 482 g/mol. The maximum atomic E-state index is 15.2. The number of sulfonamides is 1. The van der Waals surface area contributed by atoms with E-state index >= 15 is 4.39 Å². The summed E-state index contributed by atoms with van der Waals surface area (Å²) >= 11 is 0. The third-order valence-electron chi connectivity index (χ3n) is 6.39. The molecule has 2 aliphatic heterocycles. The number of nitrogens with zero attached hydrogens (tertiary/aromatic N) is 2. The molecule has 0 amide bonds. The summed E-state index contributed by atoms with van der Waals surface area (Å²) in [5.41, 5.74) is -0.142. The van der Waals surface area contributed by atoms with Gasteiger partial charge in [0.2, 0.25) is 10.0 Å². The van der Waals surface area contributed by atoms with E-state index in [1.54, 1.807) is 16.8 Å². The minimum Gasteiger partial charge on any atom is -0.332 e. The number of aryl methyl sites for hydroxylation is 1. The van der Waals surface area contributed by atoms with Gasteiger partial charge in [0.05, 0.1) is 10.8 Å². The second-order valence-electron chi connectivity index (χ2n) is 9.08. The van der Waals surface area contributed by atoms with E-state index in [9.17, 15) is 21.6 Å². The molecule has 176 valence electrons. The summed E-state index contributed by atoms with van der Waals surface area (Å²) in [5.74, 6) is -0.768. The van der Waals surface area contributed by atoms with Crippen molar-refractivity contribution in [3.63, 3.8) is 0 Å². The van der Waals surface area contributed by atoms with Crippen molar-refractivity contribution in [3.05, 3.63) is 53.0 Å². The summed E-state index contributed by atoms with van der Waals surface area (Å²) in [4.78, 5) is 4.35. The molecule has 33 heavy (non-hydrogen) atoms. The number of fused-ring (bicyclic) bond motifs is 5. The van der Waals surface area contributed by atoms with Crippen LogP contribution >= 0.6 is 0 Å². The molecule has 3 aliphatic rings. The minimum atomic E-state index is -4.65. The van der Waals surface area contributed by atoms with Crippen LogP contribution in [-0.4, -0.2) is 23.2 Å². The van der Waals surface area contributed by atoms with E-state index in [0.29, 0.717) is 54.4 Å². The summed E-state index contributed by atoms with van der Waals surface area (Å²) in [5, 5.41) is 0.00158. The molecular formula is C23H23F4N3O2S. The number of hydrogen-bond donors (Lipinski definition) is 1. The van der Waals surface area contributed by atoms with Crippen molar-refractivity contribution in [1.82, 2.24) is 14.3 Å². The van der Waals surface area contributed by atoms with Crippen molar-refractivity contribution in [3.8, 4) is 11.3 Å². The van der Waals surface area contributed by atoms with Crippen molar-refractivity contribution in [2.75, 3.05) is 0 Å². The lowest BCUT2D eigenvalue weighted by Crippen LogP contribution is -2.26. The first-order chi connectivity index (χ1) is 15.5. The Bertz CT molecular complexity index is 1340. The van der Waals surface area contributed by atoms with Gasteiger partial charge in [-0.15, -0.1) is 0 Å². The molecule has 0 saturated heterocycles. The molecule has 6 rings (SSSR count). The number of nitrogens with one attached hydrogen (secondary N) is 1. The number of rotatable bonds is 4. The predicted molar refractivity (Wildman–Crippen MR) is 116 cm³/mol. The fraction of sp³-hybridized carbons (Fsp3) is 0.435. The van der Waals surface area contributed by atoms with E-state index < -0.39 is 32.8 Å². The van der Waals surface area contributed by atoms with Crippen molar-refractivity contribution in [1.29, 1.82) is 0 Å². The maximum absolute atomic E-state index is 15.2. The van der Waals surface area contributed by atoms with Gasteiger partial charge in [-0.05, 0) is 54.9 Å². The van der Waals surface area contributed by atoms with Gasteiger partial charge in [0, 0.05) is 30.2 Å². The highest BCUT2D eigenvalue weighted by molar-refractivity contribution is 7.90. The maximum Gasteiger partial charge on any atom is 0.417 e. The average Bonchev–Trinajstić information content (AvgIpc) is 3.55. The Morgan fingerprint density at radius 2 is 1.94 bits per heavy atom. The molecule has 4 bridgehead atoms. The highest BCUT2D eigenvalue weighted by atomic mass is 32.2. The van der Waals surface area contributed by atoms with Crippen LogP contribution in [0.4, 0.5) is 17.6 Å². The molecule has 1 atom stereocenters. The quantitative estimate of drug-likeness (QED) is 0.532. The first kappa shape index (κ1) is 22.3. The summed E-state index contributed by atoms with van der Waals surface area (Å²) in [6.45, 7) is 2.50. The van der Waals surface area contributed by atoms with Crippen LogP contribution in [0.1, 0.15) is 42.9 Å². The number of benzene rings is 1. The van der Waals surface area contributed by atoms with Crippen LogP contribution in [0, 0.1) is 11.7 Å². The molecule has 4 heterocycles. The van der Waals surface area contributed by atoms with Gasteiger partial charge >= 0.3 is 6.18 Å². The second kappa shape index (κ2) is 7.80. The Labute approximate surface area is 188 Å². The fourth-order valence-corrected chi connectivity index (χ4v) is 5.77. The van der Waals surface area contributed by atoms with Gasteiger partial charge in [-0.2, -0.15) is 13.2 Å². The Morgan fingerprint density at radius 1 is 1.18 bits per heavy atom. The van der Waals surface area contributed by atoms with Crippen LogP contribution in [0.25, 0.3) is 22.3 Å². The van der Waals surface area contributed by atoms with Gasteiger partial charge in [-0.25, -0.2) is 22.5 Å². The van der Waals surface area contributed by atoms with Crippen molar-refractivity contribution in [2.24, 2.45) is 5.92 Å². The van der Waals surface area contributed by atoms with E-state index in [4.69, 9.17) is 0 Å². The SMILES string of the molecule is CC1CCc2ccc(c(C(F)(F)F)c2)-c2nc3c(cc2F)c(CNS(=O)(=O)C2CC2)cn3C1. The summed E-state index contributed by atoms with van der Waals surface area (Å²) in [7, 11) is -3.45. The molecule has 3 aromatic rings. The van der Waals surface area contributed by atoms with Gasteiger partial charge in [0.25, 0.3) is 0 Å². The number of halogens is 4. The zero-order chi connectivity index (χ0) is 23.5. The van der Waals surface area contributed by atoms with Crippen LogP contribution in [0.5, 0.6) is 0 Å². The molecule has 1 unspecified atom stereocenters. The Hall–Kier alpha value is -2.46. The molecule has 1 fully saturated rings. The van der Waals surface area contributed by atoms with E-state index in [0.717, 1.165) is 6.07 Å². The number of alkyl halides is 3. The van der Waals surface area contributed by atoms with E-state index in [1.807, 2.05) is 6.92 Å². The van der Waals surface area contributed by atoms with E-state index in [2.05, 4.69) is 9.71 Å². The summed E-state index contributed by atoms with van der Waals surface area (Å²) in [6.07, 6.45) is -0.563. The molecule has 1 aromatic carbocycles. The Morgan fingerprint density at radius 3 is 2.64 bits per heavy atom. The topological polar surface area (TPSA) is 64.0 Å². The lowest BCUT2D eigenvalue weighted by Gasteiger charge is -2.18. The minimum absolute atomic E-state index is 0.0285. The molecule has 10 heteroatoms. The zero-order valence-corrected chi connectivity index (χ0v) is 18.7. The Balaban J connectivity index is 1.67. The normalized spacial score (nSPS) is 19.1. The zero-order valence-electron chi connectivity index (χ0n) is 17.9. The lowest BCUT2D eigenvalue weighted by molar-refractivity contribution is -0.137. The largest absolute Gasteiger partial charge is 0.417 e. The Kier molecular flexibility index (Phi) is 5.28. The molecule has 1 aliphatic carbocycles. The molecular weight excluding hydrogens is 458 g/mol. The van der Waals surface area contributed by atoms with Gasteiger partial charge in [0.15, 0.2) is 0 Å². The monoisotopic (exact) mass is 481 g/mol. The third kappa shape index (κ3) is 4.26. The van der Waals surface area contributed by atoms with Gasteiger partial charge in [-0.3, -0.25) is 0 Å². The number of aromatic nitrogens is 2. The van der Waals surface area contributed by atoms with Crippen LogP contribution in [-0.2, 0) is 35.7 Å². The molecule has 1 N–H and O–H groups in total. The van der Waals surface area contributed by atoms with E-state index in [1.165, 1.54) is 12.1 Å². The van der Waals surface area contributed by atoms with Crippen molar-refractivity contribution >= 4 is 21.1 Å². The van der Waals surface area contributed by atoms with Crippen LogP contribution in [0.2, 0.25) is 0 Å². The van der Waals surface area contributed by atoms with Crippen LogP contribution < -0.4 is 4.72 Å². The number of pyridine rings is 1. The second-order valence-corrected chi connectivity index (χ2v) is 11.1. The summed E-state index contributed by atoms with van der Waals surface area (Å²) < 4.78 is 85.6. The standard InChI is InChI=1S/C23H23F4N3O2S/c1-13-2-3-14-4-7-17(19(8-14)23(25,26)27)21-20(24)9-18-15(12-30(11-13)22(18)29-21)10-28-33(31,32)16-5-6-16/h4,7-9,12-13,16,28H,2-3,5-6,10-11H2,1H3. The molecule has 2 aromatic heterocycles. The van der Waals surface area contributed by atoms with Crippen LogP contribution in [0.15, 0.2) is 30.5 Å². The highest BCUT2D eigenvalue weighted by Crippen LogP contribution is 2.39. The lowest BCUT2D eigenvalue weighted by atomic mass is 9.95. The smallest absolute Gasteiger partial charge is 0.332 e. The van der Waals surface area contributed by atoms with E-state index in [-0.39, 0.29) is 23.7 Å². The third-order valence-corrected chi connectivity index (χ3v) is 8.29. The van der Waals surface area contributed by atoms with Gasteiger partial charge < -0.3 is 4.57 Å². The molecule has 0 radical (unpaired) electrons. The molecule has 0 spiro atoms.